The summed E-state index contributed by atoms with van der Waals surface area (Å²) in [6.45, 7) is 4.00. The largest absolute Gasteiger partial charge is 0.317 e. The number of rotatable bonds is 7. The monoisotopic (exact) mass is 442 g/mol. The summed E-state index contributed by atoms with van der Waals surface area (Å²) in [6, 6.07) is 14.8. The third kappa shape index (κ3) is 4.21. The molecule has 0 spiro atoms. The molecule has 0 saturated heterocycles. The van der Waals surface area contributed by atoms with Crippen LogP contribution in [0.15, 0.2) is 48.5 Å². The molecule has 2 N–H and O–H groups in total. The number of halogens is 1. The Morgan fingerprint density at radius 1 is 1.10 bits per heavy atom. The van der Waals surface area contributed by atoms with Crippen LogP contribution in [0.1, 0.15) is 41.0 Å². The van der Waals surface area contributed by atoms with Crippen molar-refractivity contribution in [2.24, 2.45) is 5.92 Å². The third-order valence-electron chi connectivity index (χ3n) is 5.56. The molecule has 1 aromatic heterocycles. The molecule has 0 bridgehead atoms. The molecule has 156 valence electrons. The van der Waals surface area contributed by atoms with Crippen LogP contribution in [0.4, 0.5) is 5.69 Å². The Bertz CT molecular complexity index is 1120. The second-order valence-electron chi connectivity index (χ2n) is 7.73. The molecule has 2 aromatic carbocycles. The molecular weight excluding hydrogens is 420 g/mol. The van der Waals surface area contributed by atoms with Crippen LogP contribution in [0.3, 0.4) is 0 Å². The molecule has 1 fully saturated rings. The minimum Gasteiger partial charge on any atom is -0.317 e. The Hall–Kier alpha value is -2.41. The predicted molar refractivity (Wildman–Crippen MR) is 122 cm³/mol. The van der Waals surface area contributed by atoms with Crippen LogP contribution < -0.4 is 4.72 Å². The van der Waals surface area contributed by atoms with Crippen LogP contribution in [0.2, 0.25) is 5.02 Å². The zero-order chi connectivity index (χ0) is 21.4. The Morgan fingerprint density at radius 3 is 2.30 bits per heavy atom. The lowest BCUT2D eigenvalue weighted by atomic mass is 9.95. The zero-order valence-electron chi connectivity index (χ0n) is 16.8. The predicted octanol–water partition coefficient (Wildman–Crippen LogP) is 5.95. The maximum Gasteiger partial charge on any atom is 0.259 e. The summed E-state index contributed by atoms with van der Waals surface area (Å²) in [5.41, 5.74) is 5.93. The first kappa shape index (κ1) is 20.8. The van der Waals surface area contributed by atoms with E-state index in [0.717, 1.165) is 46.6 Å². The second kappa shape index (κ2) is 8.38. The second-order valence-corrected chi connectivity index (χ2v) is 8.87. The Labute approximate surface area is 183 Å². The van der Waals surface area contributed by atoms with E-state index >= 15 is 0 Å². The van der Waals surface area contributed by atoms with Gasteiger partial charge in [0, 0.05) is 45.3 Å². The van der Waals surface area contributed by atoms with E-state index in [0.29, 0.717) is 23.0 Å². The SMILES string of the molecule is Cc1c(C(=O)CC2CC2)c(-c2ccc(NS(=O)O)cc2)c(C)n1-c1ccc(Cl)cc1. The summed E-state index contributed by atoms with van der Waals surface area (Å²) >= 11 is 3.94. The average molecular weight is 443 g/mol. The standard InChI is InChI=1S/C23H23ClN2O3S/c1-14-22(17-5-9-19(10-6-17)25-30(28)29)23(21(27)13-16-3-4-16)15(2)26(14)20-11-7-18(24)8-12-20/h5-12,16,25H,3-4,13H2,1-2H3,(H,28,29). The number of anilines is 1. The number of nitrogens with one attached hydrogen (secondary N) is 1. The summed E-state index contributed by atoms with van der Waals surface area (Å²) in [6.07, 6.45) is 2.81. The summed E-state index contributed by atoms with van der Waals surface area (Å²) in [5.74, 6) is 0.662. The maximum absolute atomic E-state index is 13.3. The number of Topliss-reactive ketones (excluding diaryl/α,β-unsaturated/α-hetero) is 1. The lowest BCUT2D eigenvalue weighted by Gasteiger charge is -2.10. The number of carbonyl (C=O) groups is 1. The fourth-order valence-electron chi connectivity index (χ4n) is 4.00. The van der Waals surface area contributed by atoms with Crippen LogP contribution in [0, 0.1) is 19.8 Å². The zero-order valence-corrected chi connectivity index (χ0v) is 18.4. The average Bonchev–Trinajstić information content (AvgIpc) is 3.47. The van der Waals surface area contributed by atoms with Crippen molar-refractivity contribution in [3.8, 4) is 16.8 Å². The normalized spacial score (nSPS) is 14.5. The van der Waals surface area contributed by atoms with E-state index in [9.17, 15) is 9.00 Å². The minimum absolute atomic E-state index is 0.166. The van der Waals surface area contributed by atoms with Gasteiger partial charge in [0.1, 0.15) is 0 Å². The van der Waals surface area contributed by atoms with E-state index < -0.39 is 11.3 Å². The number of nitrogens with zero attached hydrogens (tertiary/aromatic N) is 1. The maximum atomic E-state index is 13.3. The molecule has 1 unspecified atom stereocenters. The molecule has 7 heteroatoms. The molecule has 0 amide bonds. The van der Waals surface area contributed by atoms with Crippen molar-refractivity contribution in [3.63, 3.8) is 0 Å². The highest BCUT2D eigenvalue weighted by molar-refractivity contribution is 7.80. The summed E-state index contributed by atoms with van der Waals surface area (Å²) in [4.78, 5) is 13.3. The van der Waals surface area contributed by atoms with Gasteiger partial charge >= 0.3 is 0 Å². The van der Waals surface area contributed by atoms with Crippen molar-refractivity contribution in [1.82, 2.24) is 4.57 Å². The topological polar surface area (TPSA) is 71.3 Å². The van der Waals surface area contributed by atoms with Crippen LogP contribution in [-0.2, 0) is 11.3 Å². The first-order chi connectivity index (χ1) is 14.3. The number of aromatic nitrogens is 1. The van der Waals surface area contributed by atoms with Crippen LogP contribution in [-0.4, -0.2) is 19.1 Å². The fourth-order valence-corrected chi connectivity index (χ4v) is 4.46. The molecule has 1 aliphatic rings. The first-order valence-electron chi connectivity index (χ1n) is 9.84. The summed E-state index contributed by atoms with van der Waals surface area (Å²) in [7, 11) is 0. The molecule has 5 nitrogen and oxygen atoms in total. The Kier molecular flexibility index (Phi) is 5.82. The molecule has 1 atom stereocenters. The molecular formula is C23H23ClN2O3S. The third-order valence-corrected chi connectivity index (χ3v) is 6.22. The summed E-state index contributed by atoms with van der Waals surface area (Å²) in [5, 5.41) is 0.663. The van der Waals surface area contributed by atoms with Gasteiger partial charge in [0.25, 0.3) is 11.3 Å². The van der Waals surface area contributed by atoms with Gasteiger partial charge in [0.05, 0.1) is 0 Å². The summed E-state index contributed by atoms with van der Waals surface area (Å²) < 4.78 is 24.6. The quantitative estimate of drug-likeness (QED) is 0.351. The number of carbonyl (C=O) groups excluding carboxylic acids is 1. The van der Waals surface area contributed by atoms with Crippen molar-refractivity contribution in [1.29, 1.82) is 0 Å². The minimum atomic E-state index is -2.13. The van der Waals surface area contributed by atoms with Crippen LogP contribution in [0.25, 0.3) is 16.8 Å². The molecule has 1 aliphatic carbocycles. The number of hydrogen-bond acceptors (Lipinski definition) is 2. The van der Waals surface area contributed by atoms with E-state index in [2.05, 4.69) is 9.29 Å². The van der Waals surface area contributed by atoms with Crippen molar-refractivity contribution >= 4 is 34.3 Å². The molecule has 3 aromatic rings. The molecule has 4 rings (SSSR count). The van der Waals surface area contributed by atoms with Gasteiger partial charge in [0.15, 0.2) is 5.78 Å². The number of benzene rings is 2. The van der Waals surface area contributed by atoms with E-state index in [4.69, 9.17) is 16.2 Å². The number of hydrogen-bond donors (Lipinski definition) is 2. The van der Waals surface area contributed by atoms with Gasteiger partial charge in [-0.3, -0.25) is 14.1 Å². The molecule has 0 aliphatic heterocycles. The van der Waals surface area contributed by atoms with E-state index in [1.807, 2.05) is 50.2 Å². The van der Waals surface area contributed by atoms with Crippen molar-refractivity contribution in [2.75, 3.05) is 4.72 Å². The Morgan fingerprint density at radius 2 is 1.73 bits per heavy atom. The van der Waals surface area contributed by atoms with Crippen LogP contribution >= 0.6 is 11.6 Å². The van der Waals surface area contributed by atoms with Gasteiger partial charge in [-0.1, -0.05) is 23.7 Å². The first-order valence-corrected chi connectivity index (χ1v) is 11.3. The lowest BCUT2D eigenvalue weighted by molar-refractivity contribution is 0.0976. The van der Waals surface area contributed by atoms with Gasteiger partial charge in [-0.25, -0.2) is 4.21 Å². The van der Waals surface area contributed by atoms with Crippen molar-refractivity contribution in [2.45, 2.75) is 33.1 Å². The van der Waals surface area contributed by atoms with Gasteiger partial charge in [-0.2, -0.15) is 0 Å². The van der Waals surface area contributed by atoms with Crippen molar-refractivity contribution in [3.05, 3.63) is 70.5 Å². The van der Waals surface area contributed by atoms with Gasteiger partial charge < -0.3 is 4.57 Å². The Balaban J connectivity index is 1.84. The lowest BCUT2D eigenvalue weighted by Crippen LogP contribution is -2.05. The molecule has 30 heavy (non-hydrogen) atoms. The highest BCUT2D eigenvalue weighted by atomic mass is 35.5. The highest BCUT2D eigenvalue weighted by Gasteiger charge is 2.30. The number of ketones is 1. The van der Waals surface area contributed by atoms with E-state index in [-0.39, 0.29) is 5.78 Å². The van der Waals surface area contributed by atoms with Gasteiger partial charge in [-0.15, -0.1) is 0 Å². The van der Waals surface area contributed by atoms with Gasteiger partial charge in [-0.05, 0) is 74.6 Å². The van der Waals surface area contributed by atoms with Crippen molar-refractivity contribution < 1.29 is 13.6 Å². The smallest absolute Gasteiger partial charge is 0.259 e. The molecule has 1 saturated carbocycles. The van der Waals surface area contributed by atoms with E-state index in [1.54, 1.807) is 12.1 Å². The fraction of sp³-hybridized carbons (Fsp3) is 0.261. The molecule has 1 heterocycles. The van der Waals surface area contributed by atoms with Crippen LogP contribution in [0.5, 0.6) is 0 Å². The highest BCUT2D eigenvalue weighted by Crippen LogP contribution is 2.39. The molecule has 0 radical (unpaired) electrons. The van der Waals surface area contributed by atoms with E-state index in [1.165, 1.54) is 0 Å². The van der Waals surface area contributed by atoms with Gasteiger partial charge in [0.2, 0.25) is 0 Å².